The van der Waals surface area contributed by atoms with Crippen LogP contribution in [0.25, 0.3) is 0 Å². The Bertz CT molecular complexity index is 628. The molecule has 1 atom stereocenters. The molecule has 0 bridgehead atoms. The Labute approximate surface area is 134 Å². The van der Waals surface area contributed by atoms with Gasteiger partial charge in [0, 0.05) is 11.3 Å². The molecule has 0 aliphatic carbocycles. The third-order valence-corrected chi connectivity index (χ3v) is 3.47. The lowest BCUT2D eigenvalue weighted by atomic mass is 9.95. The quantitative estimate of drug-likeness (QED) is 0.659. The average molecular weight is 322 g/mol. The molecule has 0 saturated heterocycles. The molecule has 0 fully saturated rings. The van der Waals surface area contributed by atoms with E-state index >= 15 is 0 Å². The van der Waals surface area contributed by atoms with Gasteiger partial charge in [0.1, 0.15) is 5.82 Å². The van der Waals surface area contributed by atoms with Gasteiger partial charge in [-0.3, -0.25) is 0 Å². The summed E-state index contributed by atoms with van der Waals surface area (Å²) in [4.78, 5) is 12.4. The lowest BCUT2D eigenvalue weighted by Gasteiger charge is -2.30. The summed E-state index contributed by atoms with van der Waals surface area (Å²) in [5.74, 6) is -0.643. The number of esters is 1. The number of carbonyl (C=O) groups excluding carboxylic acids is 1. The van der Waals surface area contributed by atoms with E-state index in [2.05, 4.69) is 10.6 Å². The van der Waals surface area contributed by atoms with E-state index in [-0.39, 0.29) is 5.92 Å². The van der Waals surface area contributed by atoms with Crippen molar-refractivity contribution in [3.8, 4) is 0 Å². The molecule has 1 heterocycles. The van der Waals surface area contributed by atoms with Crippen molar-refractivity contribution in [3.63, 3.8) is 0 Å². The number of ether oxygens (including phenoxy) is 1. The van der Waals surface area contributed by atoms with Gasteiger partial charge in [0.05, 0.1) is 18.2 Å². The van der Waals surface area contributed by atoms with Crippen LogP contribution in [0, 0.1) is 11.7 Å². The van der Waals surface area contributed by atoms with Crippen LogP contribution in [0.2, 0.25) is 0 Å². The van der Waals surface area contributed by atoms with Crippen LogP contribution in [0.5, 0.6) is 0 Å². The molecule has 6 heteroatoms. The van der Waals surface area contributed by atoms with Crippen LogP contribution < -0.4 is 10.6 Å². The highest BCUT2D eigenvalue weighted by atomic mass is 32.1. The molecule has 22 heavy (non-hydrogen) atoms. The van der Waals surface area contributed by atoms with Gasteiger partial charge in [-0.15, -0.1) is 0 Å². The molecule has 1 aliphatic rings. The van der Waals surface area contributed by atoms with Crippen LogP contribution in [-0.4, -0.2) is 17.7 Å². The molecule has 1 aromatic rings. The number of allylic oxidation sites excluding steroid dienone is 1. The van der Waals surface area contributed by atoms with E-state index in [0.717, 1.165) is 0 Å². The predicted molar refractivity (Wildman–Crippen MR) is 86.5 cm³/mol. The molecule has 0 saturated carbocycles. The highest BCUT2D eigenvalue weighted by Gasteiger charge is 2.32. The number of benzene rings is 1. The SMILES string of the molecule is CC1=C(C(=O)OCC(C)C)[C@H](c2ccccc2F)NC(=S)N1. The molecule has 4 nitrogen and oxygen atoms in total. The van der Waals surface area contributed by atoms with Crippen molar-refractivity contribution in [1.29, 1.82) is 0 Å². The maximum atomic E-state index is 14.1. The predicted octanol–water partition coefficient (Wildman–Crippen LogP) is 2.82. The molecule has 118 valence electrons. The van der Waals surface area contributed by atoms with Gasteiger partial charge in [0.15, 0.2) is 5.11 Å². The summed E-state index contributed by atoms with van der Waals surface area (Å²) in [6.07, 6.45) is 0. The van der Waals surface area contributed by atoms with Gasteiger partial charge in [0.25, 0.3) is 0 Å². The monoisotopic (exact) mass is 322 g/mol. The zero-order valence-corrected chi connectivity index (χ0v) is 13.6. The van der Waals surface area contributed by atoms with E-state index in [1.54, 1.807) is 25.1 Å². The Morgan fingerprint density at radius 2 is 2.09 bits per heavy atom. The summed E-state index contributed by atoms with van der Waals surface area (Å²) in [5, 5.41) is 6.19. The summed E-state index contributed by atoms with van der Waals surface area (Å²) in [6.45, 7) is 5.95. The first-order valence-corrected chi connectivity index (χ1v) is 7.50. The maximum Gasteiger partial charge on any atom is 0.338 e. The van der Waals surface area contributed by atoms with Crippen LogP contribution in [-0.2, 0) is 9.53 Å². The first-order chi connectivity index (χ1) is 10.4. The largest absolute Gasteiger partial charge is 0.462 e. The number of thiocarbonyl (C=S) groups is 1. The molecule has 2 N–H and O–H groups in total. The zero-order valence-electron chi connectivity index (χ0n) is 12.8. The third-order valence-electron chi connectivity index (χ3n) is 3.25. The number of carbonyl (C=O) groups is 1. The second-order valence-electron chi connectivity index (χ2n) is 5.58. The molecular weight excluding hydrogens is 303 g/mol. The fraction of sp³-hybridized carbons (Fsp3) is 0.375. The van der Waals surface area contributed by atoms with E-state index in [9.17, 15) is 9.18 Å². The summed E-state index contributed by atoms with van der Waals surface area (Å²) < 4.78 is 19.4. The van der Waals surface area contributed by atoms with E-state index in [1.165, 1.54) is 6.07 Å². The van der Waals surface area contributed by atoms with Crippen LogP contribution in [0.3, 0.4) is 0 Å². The second kappa shape index (κ2) is 6.87. The van der Waals surface area contributed by atoms with Gasteiger partial charge < -0.3 is 15.4 Å². The molecular formula is C16H19FN2O2S. The molecule has 2 rings (SSSR count). The minimum atomic E-state index is -0.658. The van der Waals surface area contributed by atoms with Crippen molar-refractivity contribution in [2.24, 2.45) is 5.92 Å². The van der Waals surface area contributed by atoms with Gasteiger partial charge in [-0.2, -0.15) is 0 Å². The number of hydrogen-bond donors (Lipinski definition) is 2. The highest BCUT2D eigenvalue weighted by Crippen LogP contribution is 2.29. The van der Waals surface area contributed by atoms with E-state index in [1.807, 2.05) is 13.8 Å². The maximum absolute atomic E-state index is 14.1. The highest BCUT2D eigenvalue weighted by molar-refractivity contribution is 7.80. The van der Waals surface area contributed by atoms with Crippen LogP contribution >= 0.6 is 12.2 Å². The van der Waals surface area contributed by atoms with Crippen LogP contribution in [0.1, 0.15) is 32.4 Å². The Balaban J connectivity index is 2.37. The molecule has 1 aliphatic heterocycles. The first-order valence-electron chi connectivity index (χ1n) is 7.10. The Kier molecular flexibility index (Phi) is 5.13. The van der Waals surface area contributed by atoms with E-state index in [4.69, 9.17) is 17.0 Å². The minimum Gasteiger partial charge on any atom is -0.462 e. The van der Waals surface area contributed by atoms with Gasteiger partial charge >= 0.3 is 5.97 Å². The summed E-state index contributed by atoms with van der Waals surface area (Å²) in [6, 6.07) is 5.65. The van der Waals surface area contributed by atoms with Crippen molar-refractivity contribution in [3.05, 3.63) is 46.9 Å². The average Bonchev–Trinajstić information content (AvgIpc) is 2.44. The van der Waals surface area contributed by atoms with Crippen molar-refractivity contribution in [1.82, 2.24) is 10.6 Å². The normalized spacial score (nSPS) is 18.0. The third kappa shape index (κ3) is 3.62. The van der Waals surface area contributed by atoms with Gasteiger partial charge in [-0.1, -0.05) is 32.0 Å². The number of halogens is 1. The number of nitrogens with one attached hydrogen (secondary N) is 2. The molecule has 0 spiro atoms. The van der Waals surface area contributed by atoms with Gasteiger partial charge in [-0.05, 0) is 31.1 Å². The summed E-state index contributed by atoms with van der Waals surface area (Å²) >= 11 is 5.12. The van der Waals surface area contributed by atoms with Crippen molar-refractivity contribution in [2.45, 2.75) is 26.8 Å². The second-order valence-corrected chi connectivity index (χ2v) is 5.99. The fourth-order valence-electron chi connectivity index (χ4n) is 2.23. The van der Waals surface area contributed by atoms with Crippen LogP contribution in [0.15, 0.2) is 35.5 Å². The van der Waals surface area contributed by atoms with E-state index in [0.29, 0.717) is 28.6 Å². The minimum absolute atomic E-state index is 0.224. The zero-order chi connectivity index (χ0) is 16.3. The lowest BCUT2D eigenvalue weighted by molar-refractivity contribution is -0.140. The topological polar surface area (TPSA) is 50.4 Å². The van der Waals surface area contributed by atoms with Crippen molar-refractivity contribution in [2.75, 3.05) is 6.61 Å². The lowest BCUT2D eigenvalue weighted by Crippen LogP contribution is -2.45. The van der Waals surface area contributed by atoms with Crippen molar-refractivity contribution >= 4 is 23.3 Å². The van der Waals surface area contributed by atoms with Gasteiger partial charge in [-0.25, -0.2) is 9.18 Å². The van der Waals surface area contributed by atoms with Gasteiger partial charge in [0.2, 0.25) is 0 Å². The van der Waals surface area contributed by atoms with E-state index < -0.39 is 17.8 Å². The fourth-order valence-corrected chi connectivity index (χ4v) is 2.50. The molecule has 0 unspecified atom stereocenters. The molecule has 0 amide bonds. The Hall–Kier alpha value is -1.95. The number of rotatable bonds is 4. The Morgan fingerprint density at radius 1 is 1.41 bits per heavy atom. The smallest absolute Gasteiger partial charge is 0.338 e. The number of hydrogen-bond acceptors (Lipinski definition) is 3. The summed E-state index contributed by atoms with van der Waals surface area (Å²) in [5.41, 5.74) is 1.28. The standard InChI is InChI=1S/C16H19FN2O2S/c1-9(2)8-21-15(20)13-10(3)18-16(22)19-14(13)11-6-4-5-7-12(11)17/h4-7,9,14H,8H2,1-3H3,(H2,18,19,22)/t14-/m0/s1. The summed E-state index contributed by atoms with van der Waals surface area (Å²) in [7, 11) is 0. The molecule has 1 aromatic carbocycles. The first kappa shape index (κ1) is 16.4. The molecule has 0 radical (unpaired) electrons. The molecule has 0 aromatic heterocycles. The van der Waals surface area contributed by atoms with Crippen LogP contribution in [0.4, 0.5) is 4.39 Å². The van der Waals surface area contributed by atoms with Crippen molar-refractivity contribution < 1.29 is 13.9 Å². The Morgan fingerprint density at radius 3 is 2.73 bits per heavy atom.